The molecule has 0 bridgehead atoms. The first-order chi connectivity index (χ1) is 21.6. The van der Waals surface area contributed by atoms with Crippen molar-refractivity contribution in [2.45, 2.75) is 74.5 Å². The molecule has 5 heterocycles. The zero-order valence-corrected chi connectivity index (χ0v) is 24.5. The molecule has 14 nitrogen and oxygen atoms in total. The van der Waals surface area contributed by atoms with Gasteiger partial charge in [-0.1, -0.05) is 5.16 Å². The number of amides is 3. The first-order valence-electron chi connectivity index (χ1n) is 15.0. The third-order valence-electron chi connectivity index (χ3n) is 9.15. The minimum absolute atomic E-state index is 0.0187. The van der Waals surface area contributed by atoms with Gasteiger partial charge in [-0.3, -0.25) is 4.79 Å². The van der Waals surface area contributed by atoms with Crippen LogP contribution in [0.2, 0.25) is 0 Å². The molecule has 2 N–H and O–H groups in total. The maximum absolute atomic E-state index is 13.5. The quantitative estimate of drug-likeness (QED) is 0.358. The lowest BCUT2D eigenvalue weighted by Crippen LogP contribution is -2.41. The summed E-state index contributed by atoms with van der Waals surface area (Å²) in [5.74, 6) is -0.876. The van der Waals surface area contributed by atoms with Gasteiger partial charge in [0.15, 0.2) is 17.1 Å². The van der Waals surface area contributed by atoms with Gasteiger partial charge in [-0.05, 0) is 42.8 Å². The van der Waals surface area contributed by atoms with E-state index in [1.54, 1.807) is 12.3 Å². The van der Waals surface area contributed by atoms with Gasteiger partial charge in [-0.25, -0.2) is 18.9 Å². The number of hydrogen-bond donors (Lipinski definition) is 2. The van der Waals surface area contributed by atoms with Gasteiger partial charge in [0.25, 0.3) is 5.91 Å². The summed E-state index contributed by atoms with van der Waals surface area (Å²) in [5, 5.41) is 17.4. The zero-order chi connectivity index (χ0) is 31.3. The van der Waals surface area contributed by atoms with Gasteiger partial charge in [0.05, 0.1) is 56.5 Å². The molecule has 1 spiro atoms. The van der Waals surface area contributed by atoms with Crippen molar-refractivity contribution in [3.8, 4) is 0 Å². The number of alkyl halides is 3. The van der Waals surface area contributed by atoms with Crippen LogP contribution in [0.3, 0.4) is 0 Å². The third kappa shape index (κ3) is 5.83. The summed E-state index contributed by atoms with van der Waals surface area (Å²) in [6, 6.07) is -2.53. The van der Waals surface area contributed by atoms with Crippen LogP contribution in [-0.4, -0.2) is 93.2 Å². The number of carbonyl (C=O) groups excluding carboxylic acids is 2. The van der Waals surface area contributed by atoms with E-state index in [2.05, 4.69) is 20.7 Å². The van der Waals surface area contributed by atoms with Crippen molar-refractivity contribution < 1.29 is 41.6 Å². The van der Waals surface area contributed by atoms with E-state index in [1.807, 2.05) is 5.32 Å². The highest BCUT2D eigenvalue weighted by Crippen LogP contribution is 2.44. The first-order valence-corrected chi connectivity index (χ1v) is 15.0. The first kappa shape index (κ1) is 29.9. The second-order valence-corrected chi connectivity index (χ2v) is 12.1. The van der Waals surface area contributed by atoms with Crippen LogP contribution in [0.4, 0.5) is 18.0 Å². The summed E-state index contributed by atoms with van der Waals surface area (Å²) in [5.41, 5.74) is 2.10. The van der Waals surface area contributed by atoms with Crippen LogP contribution in [0.25, 0.3) is 5.65 Å². The van der Waals surface area contributed by atoms with Crippen LogP contribution in [-0.2, 0) is 14.2 Å². The minimum Gasteiger partial charge on any atom is -0.382 e. The van der Waals surface area contributed by atoms with Crippen molar-refractivity contribution >= 4 is 17.6 Å². The largest absolute Gasteiger partial charge is 0.410 e. The van der Waals surface area contributed by atoms with Crippen molar-refractivity contribution in [1.82, 2.24) is 40.4 Å². The van der Waals surface area contributed by atoms with E-state index in [1.165, 1.54) is 17.8 Å². The van der Waals surface area contributed by atoms with Crippen molar-refractivity contribution in [2.24, 2.45) is 5.92 Å². The van der Waals surface area contributed by atoms with Crippen molar-refractivity contribution in [2.75, 3.05) is 33.5 Å². The van der Waals surface area contributed by atoms with E-state index in [-0.39, 0.29) is 24.1 Å². The summed E-state index contributed by atoms with van der Waals surface area (Å²) < 4.78 is 63.7. The van der Waals surface area contributed by atoms with Crippen LogP contribution < -0.4 is 10.6 Å². The molecule has 1 unspecified atom stereocenters. The van der Waals surface area contributed by atoms with Gasteiger partial charge in [0, 0.05) is 31.4 Å². The molecule has 3 atom stereocenters. The Morgan fingerprint density at radius 1 is 1.20 bits per heavy atom. The van der Waals surface area contributed by atoms with Crippen LogP contribution in [0.5, 0.6) is 0 Å². The van der Waals surface area contributed by atoms with Crippen molar-refractivity contribution in [1.29, 1.82) is 0 Å². The Morgan fingerprint density at radius 3 is 2.62 bits per heavy atom. The van der Waals surface area contributed by atoms with Crippen molar-refractivity contribution in [3.63, 3.8) is 0 Å². The molecule has 4 fully saturated rings. The molecule has 2 aliphatic heterocycles. The third-order valence-corrected chi connectivity index (χ3v) is 9.15. The van der Waals surface area contributed by atoms with Gasteiger partial charge < -0.3 is 29.7 Å². The molecular formula is C28H33F3N8O6. The molecule has 3 aromatic heterocycles. The molecule has 45 heavy (non-hydrogen) atoms. The molecule has 3 amide bonds. The number of aromatic nitrogens is 5. The molecule has 17 heteroatoms. The van der Waals surface area contributed by atoms with Gasteiger partial charge in [-0.2, -0.15) is 18.3 Å². The molecule has 3 aromatic rings. The molecule has 4 aliphatic rings. The summed E-state index contributed by atoms with van der Waals surface area (Å²) in [6.45, 7) is 0.486. The number of hydrogen-bond acceptors (Lipinski definition) is 10. The second-order valence-electron chi connectivity index (χ2n) is 12.1. The summed E-state index contributed by atoms with van der Waals surface area (Å²) in [4.78, 5) is 32.0. The van der Waals surface area contributed by atoms with E-state index in [0.717, 1.165) is 17.7 Å². The fourth-order valence-electron chi connectivity index (χ4n) is 6.60. The predicted octanol–water partition coefficient (Wildman–Crippen LogP) is 3.04. The molecule has 2 saturated carbocycles. The molecule has 7 rings (SSSR count). The highest BCUT2D eigenvalue weighted by molar-refractivity contribution is 5.93. The topological polar surface area (TPSA) is 158 Å². The molecule has 2 saturated heterocycles. The van der Waals surface area contributed by atoms with Crippen LogP contribution in [0, 0.1) is 5.92 Å². The lowest BCUT2D eigenvalue weighted by molar-refractivity contribution is -0.183. The fourth-order valence-corrected chi connectivity index (χ4v) is 6.60. The maximum Gasteiger partial charge on any atom is 0.410 e. The number of nitrogens with zero attached hydrogens (tertiary/aromatic N) is 6. The van der Waals surface area contributed by atoms with E-state index in [9.17, 15) is 22.8 Å². The number of ether oxygens (including phenoxy) is 3. The maximum atomic E-state index is 13.5. The number of halogens is 3. The van der Waals surface area contributed by atoms with Gasteiger partial charge in [0.2, 0.25) is 0 Å². The van der Waals surface area contributed by atoms with Gasteiger partial charge in [-0.15, -0.1) is 0 Å². The van der Waals surface area contributed by atoms with Crippen LogP contribution >= 0.6 is 0 Å². The second kappa shape index (κ2) is 11.5. The molecule has 0 radical (unpaired) electrons. The number of carbonyl (C=O) groups is 2. The summed E-state index contributed by atoms with van der Waals surface area (Å²) >= 11 is 0. The highest BCUT2D eigenvalue weighted by Gasteiger charge is 2.49. The van der Waals surface area contributed by atoms with Crippen LogP contribution in [0.15, 0.2) is 23.1 Å². The van der Waals surface area contributed by atoms with Gasteiger partial charge in [0.1, 0.15) is 11.7 Å². The number of urea groups is 1. The smallest absolute Gasteiger partial charge is 0.382 e. The predicted molar refractivity (Wildman–Crippen MR) is 146 cm³/mol. The fraction of sp³-hybridized carbons (Fsp3) is 0.643. The SMILES string of the molecule is COC[C@H](c1cnn2cc(C(NC(=O)c3nonc3C3CC3)C3CCC4(CC3)OCCO4)nc2c1)N1C[C@@H](C(F)(F)F)NC1=O. The number of rotatable bonds is 9. The Morgan fingerprint density at radius 2 is 1.96 bits per heavy atom. The average Bonchev–Trinajstić information content (AvgIpc) is 3.39. The summed E-state index contributed by atoms with van der Waals surface area (Å²) in [6.07, 6.45) is 3.17. The van der Waals surface area contributed by atoms with E-state index in [0.29, 0.717) is 61.5 Å². The Kier molecular flexibility index (Phi) is 7.64. The summed E-state index contributed by atoms with van der Waals surface area (Å²) in [7, 11) is 1.41. The Hall–Kier alpha value is -3.83. The number of imidazole rings is 1. The lowest BCUT2D eigenvalue weighted by atomic mass is 9.79. The normalized spacial score (nSPS) is 23.5. The Balaban J connectivity index is 1.17. The molecule has 2 aliphatic carbocycles. The number of methoxy groups -OCH3 is 1. The van der Waals surface area contributed by atoms with Gasteiger partial charge >= 0.3 is 12.2 Å². The minimum atomic E-state index is -4.59. The molecule has 0 aromatic carbocycles. The van der Waals surface area contributed by atoms with E-state index >= 15 is 0 Å². The molecule has 242 valence electrons. The molecular weight excluding hydrogens is 601 g/mol. The zero-order valence-electron chi connectivity index (χ0n) is 24.5. The van der Waals surface area contributed by atoms with Crippen molar-refractivity contribution in [3.05, 3.63) is 41.1 Å². The average molecular weight is 635 g/mol. The highest BCUT2D eigenvalue weighted by atomic mass is 19.4. The Labute approximate surface area is 254 Å². The van der Waals surface area contributed by atoms with Crippen LogP contribution in [0.1, 0.15) is 84.0 Å². The number of fused-ring (bicyclic) bond motifs is 1. The standard InChI is InChI=1S/C28H33F3N8O6/c1-42-14-19(38-13-20(28(29,30)31)34-26(38)41)17-10-21-33-18(12-39(21)32-11-17)22(16-4-6-27(7-5-16)43-8-9-44-27)35-25(40)24-23(15-2-3-15)36-45-37-24/h10-12,15-16,19-20,22H,2-9,13-14H2,1H3,(H,34,41)(H,35,40)/t19-,20+,22?/m1/s1. The Bertz CT molecular complexity index is 1560. The van der Waals surface area contributed by atoms with E-state index < -0.39 is 48.6 Å². The lowest BCUT2D eigenvalue weighted by Gasteiger charge is -2.38. The van der Waals surface area contributed by atoms with E-state index in [4.69, 9.17) is 23.8 Å². The number of nitrogens with one attached hydrogen (secondary N) is 2. The monoisotopic (exact) mass is 634 g/mol.